The summed E-state index contributed by atoms with van der Waals surface area (Å²) in [7, 11) is 0. The van der Waals surface area contributed by atoms with Crippen molar-refractivity contribution in [1.82, 2.24) is 25.3 Å². The van der Waals surface area contributed by atoms with Crippen molar-refractivity contribution >= 4 is 40.7 Å². The molecule has 3 amide bonds. The van der Waals surface area contributed by atoms with E-state index >= 15 is 0 Å². The highest BCUT2D eigenvalue weighted by atomic mass is 35.5. The van der Waals surface area contributed by atoms with Gasteiger partial charge in [-0.25, -0.2) is 4.68 Å². The fourth-order valence-corrected chi connectivity index (χ4v) is 9.65. The molecule has 1 aromatic heterocycles. The number of nitrogens with one attached hydrogen (secondary N) is 2. The number of nitriles is 1. The Morgan fingerprint density at radius 3 is 2.17 bits per heavy atom. The standard InChI is InChI=1S/C42H51ClN8O5.2CH4/c1-41(2)39(42(3,4)40(41)56-32-10-7-29(25-44)33(43)24-32)47-37(54)28-5-8-30(9-6-28)49-17-14-27(15-18-49)13-16-48-19-21-50(22-20-48)31-23-36(53)51(45-26-31)34-11-12-35(52)46-38(34)55;;/h5-10,23-24,26-27,34,39-40H,11-22H2,1-4H3,(H,47,54)(H,46,52,55);2*1H4. The van der Waals surface area contributed by atoms with E-state index in [-0.39, 0.29) is 68.0 Å². The van der Waals surface area contributed by atoms with Crippen LogP contribution >= 0.6 is 11.6 Å². The molecule has 4 fully saturated rings. The number of hydrogen-bond donors (Lipinski definition) is 2. The fourth-order valence-electron chi connectivity index (χ4n) is 9.44. The van der Waals surface area contributed by atoms with E-state index in [4.69, 9.17) is 16.3 Å². The van der Waals surface area contributed by atoms with Crippen molar-refractivity contribution < 1.29 is 19.1 Å². The number of rotatable bonds is 10. The average molecular weight is 815 g/mol. The summed E-state index contributed by atoms with van der Waals surface area (Å²) in [6, 6.07) is 15.8. The van der Waals surface area contributed by atoms with E-state index in [0.717, 1.165) is 76.5 Å². The van der Waals surface area contributed by atoms with Crippen LogP contribution in [0.2, 0.25) is 5.02 Å². The quantitative estimate of drug-likeness (QED) is 0.231. The number of anilines is 2. The third-order valence-electron chi connectivity index (χ3n) is 12.4. The molecule has 1 saturated carbocycles. The van der Waals surface area contributed by atoms with Crippen LogP contribution in [0.1, 0.15) is 96.6 Å². The first-order chi connectivity index (χ1) is 26.7. The van der Waals surface area contributed by atoms with Gasteiger partial charge in [0.05, 0.1) is 22.5 Å². The molecule has 4 aliphatic rings. The Balaban J connectivity index is 0.00000320. The maximum Gasteiger partial charge on any atom is 0.269 e. The second-order valence-electron chi connectivity index (χ2n) is 16.9. The normalized spacial score (nSPS) is 23.0. The molecule has 3 saturated heterocycles. The van der Waals surface area contributed by atoms with Crippen molar-refractivity contribution in [3.05, 3.63) is 81.2 Å². The Bertz CT molecular complexity index is 2050. The number of piperidine rings is 2. The Hall–Kier alpha value is -4.93. The Morgan fingerprint density at radius 1 is 0.914 bits per heavy atom. The molecule has 13 nitrogen and oxygen atoms in total. The fraction of sp³-hybridized carbons (Fsp3) is 0.545. The van der Waals surface area contributed by atoms with Gasteiger partial charge < -0.3 is 19.9 Å². The number of hydrogen-bond acceptors (Lipinski definition) is 10. The summed E-state index contributed by atoms with van der Waals surface area (Å²) in [5.74, 6) is 0.366. The number of benzene rings is 2. The summed E-state index contributed by atoms with van der Waals surface area (Å²) >= 11 is 6.25. The minimum Gasteiger partial charge on any atom is -0.489 e. The molecule has 7 rings (SSSR count). The summed E-state index contributed by atoms with van der Waals surface area (Å²) in [5, 5.41) is 19.4. The maximum absolute atomic E-state index is 13.5. The number of piperazine rings is 1. The Morgan fingerprint density at radius 2 is 1.57 bits per heavy atom. The first kappa shape index (κ1) is 44.2. The SMILES string of the molecule is C.C.CC1(C)C(NC(=O)c2ccc(N3CCC(CCN4CCN(c5cnn(C6CCC(=O)NC6=O)c(=O)c5)CC4)CC3)cc2)C(C)(C)C1Oc1ccc(C#N)c(Cl)c1. The number of ether oxygens (including phenoxy) is 1. The average Bonchev–Trinajstić information content (AvgIpc) is 3.18. The van der Waals surface area contributed by atoms with Crippen LogP contribution in [0.3, 0.4) is 0 Å². The van der Waals surface area contributed by atoms with Gasteiger partial charge in [-0.1, -0.05) is 54.1 Å². The highest BCUT2D eigenvalue weighted by Crippen LogP contribution is 2.55. The highest BCUT2D eigenvalue weighted by Gasteiger charge is 2.64. The van der Waals surface area contributed by atoms with Gasteiger partial charge in [0.25, 0.3) is 17.4 Å². The lowest BCUT2D eigenvalue weighted by Crippen LogP contribution is -2.74. The molecule has 3 aromatic rings. The zero-order valence-electron chi connectivity index (χ0n) is 32.6. The van der Waals surface area contributed by atoms with E-state index in [1.54, 1.807) is 30.5 Å². The second kappa shape index (κ2) is 17.9. The molecule has 2 N–H and O–H groups in total. The number of aromatic nitrogens is 2. The van der Waals surface area contributed by atoms with Crippen LogP contribution in [0.15, 0.2) is 59.5 Å². The molecule has 0 spiro atoms. The van der Waals surface area contributed by atoms with E-state index in [1.807, 2.05) is 12.1 Å². The first-order valence-corrected chi connectivity index (χ1v) is 20.0. The van der Waals surface area contributed by atoms with Crippen LogP contribution in [0.4, 0.5) is 11.4 Å². The lowest BCUT2D eigenvalue weighted by Gasteiger charge is -2.63. The van der Waals surface area contributed by atoms with Crippen molar-refractivity contribution in [2.75, 3.05) is 55.6 Å². The number of amides is 3. The minimum atomic E-state index is -0.754. The zero-order valence-corrected chi connectivity index (χ0v) is 33.3. The molecule has 1 atom stereocenters. The van der Waals surface area contributed by atoms with Crippen LogP contribution in [-0.4, -0.2) is 90.4 Å². The van der Waals surface area contributed by atoms with E-state index in [9.17, 15) is 24.4 Å². The molecule has 3 aliphatic heterocycles. The van der Waals surface area contributed by atoms with E-state index in [1.165, 1.54) is 4.68 Å². The molecule has 2 aromatic carbocycles. The van der Waals surface area contributed by atoms with Gasteiger partial charge in [-0.05, 0) is 74.5 Å². The van der Waals surface area contributed by atoms with Crippen LogP contribution in [0.5, 0.6) is 5.75 Å². The number of imide groups is 1. The number of halogens is 1. The number of nitrogens with zero attached hydrogens (tertiary/aromatic N) is 6. The summed E-state index contributed by atoms with van der Waals surface area (Å²) < 4.78 is 7.56. The summed E-state index contributed by atoms with van der Waals surface area (Å²) in [4.78, 5) is 57.1. The van der Waals surface area contributed by atoms with Gasteiger partial charge in [0.2, 0.25) is 5.91 Å². The lowest BCUT2D eigenvalue weighted by atomic mass is 9.49. The van der Waals surface area contributed by atoms with Crippen LogP contribution in [0, 0.1) is 28.1 Å². The predicted octanol–water partition coefficient (Wildman–Crippen LogP) is 6.06. The molecular weight excluding hydrogens is 756 g/mol. The summed E-state index contributed by atoms with van der Waals surface area (Å²) in [6.07, 6.45) is 5.36. The smallest absolute Gasteiger partial charge is 0.269 e. The lowest BCUT2D eigenvalue weighted by molar-refractivity contribution is -0.164. The van der Waals surface area contributed by atoms with Crippen molar-refractivity contribution in [3.63, 3.8) is 0 Å². The molecule has 1 unspecified atom stereocenters. The van der Waals surface area contributed by atoms with Crippen LogP contribution in [-0.2, 0) is 9.59 Å². The predicted molar refractivity (Wildman–Crippen MR) is 227 cm³/mol. The number of carbonyl (C=O) groups excluding carboxylic acids is 3. The van der Waals surface area contributed by atoms with Gasteiger partial charge in [0.1, 0.15) is 24.0 Å². The maximum atomic E-state index is 13.5. The van der Waals surface area contributed by atoms with Gasteiger partial charge in [0, 0.05) is 85.9 Å². The van der Waals surface area contributed by atoms with Gasteiger partial charge >= 0.3 is 0 Å². The Kier molecular flexibility index (Phi) is 13.6. The monoisotopic (exact) mass is 814 g/mol. The van der Waals surface area contributed by atoms with Crippen molar-refractivity contribution in [2.45, 2.75) is 92.8 Å². The third-order valence-corrected chi connectivity index (χ3v) is 12.8. The Labute approximate surface area is 347 Å². The molecule has 0 radical (unpaired) electrons. The van der Waals surface area contributed by atoms with Crippen molar-refractivity contribution in [2.24, 2.45) is 16.7 Å². The first-order valence-electron chi connectivity index (χ1n) is 19.7. The zero-order chi connectivity index (χ0) is 39.8. The second-order valence-corrected chi connectivity index (χ2v) is 17.3. The number of carbonyl (C=O) groups is 3. The van der Waals surface area contributed by atoms with Crippen molar-refractivity contribution in [1.29, 1.82) is 5.26 Å². The summed E-state index contributed by atoms with van der Waals surface area (Å²) in [6.45, 7) is 14.8. The van der Waals surface area contributed by atoms with Gasteiger partial charge in [-0.3, -0.25) is 29.4 Å². The topological polar surface area (TPSA) is 153 Å². The van der Waals surface area contributed by atoms with Crippen LogP contribution < -0.4 is 30.7 Å². The largest absolute Gasteiger partial charge is 0.489 e. The molecular formula is C44H59ClN8O5. The molecule has 0 bridgehead atoms. The molecule has 1 aliphatic carbocycles. The van der Waals surface area contributed by atoms with Gasteiger partial charge in [-0.2, -0.15) is 10.4 Å². The molecule has 4 heterocycles. The van der Waals surface area contributed by atoms with E-state index in [0.29, 0.717) is 27.8 Å². The third kappa shape index (κ3) is 9.03. The summed E-state index contributed by atoms with van der Waals surface area (Å²) in [5.41, 5.74) is 1.92. The molecule has 312 valence electrons. The highest BCUT2D eigenvalue weighted by molar-refractivity contribution is 6.31. The van der Waals surface area contributed by atoms with Crippen molar-refractivity contribution in [3.8, 4) is 11.8 Å². The minimum absolute atomic E-state index is 0. The van der Waals surface area contributed by atoms with E-state index in [2.05, 4.69) is 76.3 Å². The van der Waals surface area contributed by atoms with Gasteiger partial charge in [0.15, 0.2) is 0 Å². The van der Waals surface area contributed by atoms with E-state index < -0.39 is 11.9 Å². The molecule has 14 heteroatoms. The molecule has 58 heavy (non-hydrogen) atoms. The van der Waals surface area contributed by atoms with Crippen LogP contribution in [0.25, 0.3) is 0 Å². The van der Waals surface area contributed by atoms with Gasteiger partial charge in [-0.15, -0.1) is 0 Å².